The highest BCUT2D eigenvalue weighted by atomic mass is 16.5. The summed E-state index contributed by atoms with van der Waals surface area (Å²) >= 11 is 0. The van der Waals surface area contributed by atoms with Gasteiger partial charge in [0.15, 0.2) is 0 Å². The van der Waals surface area contributed by atoms with E-state index in [1.807, 2.05) is 6.92 Å². The lowest BCUT2D eigenvalue weighted by molar-refractivity contribution is -0.159. The third-order valence-corrected chi connectivity index (χ3v) is 6.99. The number of carbonyl (C=O) groups is 1. The number of rotatable bonds is 6. The molecule has 2 saturated carbocycles. The quantitative estimate of drug-likeness (QED) is 0.593. The van der Waals surface area contributed by atoms with E-state index >= 15 is 0 Å². The van der Waals surface area contributed by atoms with E-state index in [2.05, 4.69) is 6.92 Å². The molecule has 3 rings (SSSR count). The minimum atomic E-state index is 0.0580. The van der Waals surface area contributed by atoms with Crippen LogP contribution in [0, 0.1) is 23.7 Å². The summed E-state index contributed by atoms with van der Waals surface area (Å²) in [5.41, 5.74) is 0. The first-order valence-corrected chi connectivity index (χ1v) is 10.9. The van der Waals surface area contributed by atoms with E-state index in [1.54, 1.807) is 0 Å². The van der Waals surface area contributed by atoms with Gasteiger partial charge in [-0.05, 0) is 88.9 Å². The zero-order chi connectivity index (χ0) is 17.6. The molecule has 1 aliphatic heterocycles. The molecule has 0 N–H and O–H groups in total. The molecule has 2 atom stereocenters. The lowest BCUT2D eigenvalue weighted by Gasteiger charge is -2.32. The molecule has 2 aliphatic carbocycles. The predicted molar refractivity (Wildman–Crippen MR) is 100 cm³/mol. The molecule has 1 saturated heterocycles. The fourth-order valence-corrected chi connectivity index (χ4v) is 4.96. The second kappa shape index (κ2) is 9.39. The smallest absolute Gasteiger partial charge is 0.309 e. The van der Waals surface area contributed by atoms with Gasteiger partial charge in [0.05, 0.1) is 18.1 Å². The van der Waals surface area contributed by atoms with E-state index in [0.717, 1.165) is 43.6 Å². The standard InChI is InChI=1S/C22H38O3/c1-16-3-13-21(14-4-16)24-15-19-8-6-18(7-9-19)10-12-20-11-5-17(2)25-22(20)23/h16-21H,3-15H2,1-2H3. The maximum Gasteiger partial charge on any atom is 0.309 e. The van der Waals surface area contributed by atoms with Crippen LogP contribution in [0.1, 0.15) is 90.9 Å². The molecule has 144 valence electrons. The summed E-state index contributed by atoms with van der Waals surface area (Å²) < 4.78 is 11.6. The Bertz CT molecular complexity index is 405. The first-order valence-electron chi connectivity index (χ1n) is 10.9. The van der Waals surface area contributed by atoms with Crippen LogP contribution in [0.2, 0.25) is 0 Å². The summed E-state index contributed by atoms with van der Waals surface area (Å²) in [7, 11) is 0. The summed E-state index contributed by atoms with van der Waals surface area (Å²) in [5.74, 6) is 2.73. The lowest BCUT2D eigenvalue weighted by atomic mass is 9.78. The highest BCUT2D eigenvalue weighted by molar-refractivity contribution is 5.73. The molecule has 3 nitrogen and oxygen atoms in total. The molecule has 0 aromatic rings. The van der Waals surface area contributed by atoms with Crippen molar-refractivity contribution in [3.8, 4) is 0 Å². The zero-order valence-corrected chi connectivity index (χ0v) is 16.4. The fourth-order valence-electron chi connectivity index (χ4n) is 4.96. The Kier molecular flexibility index (Phi) is 7.21. The maximum atomic E-state index is 11.9. The van der Waals surface area contributed by atoms with Gasteiger partial charge in [0.1, 0.15) is 0 Å². The summed E-state index contributed by atoms with van der Waals surface area (Å²) in [5, 5.41) is 0. The third kappa shape index (κ3) is 5.98. The van der Waals surface area contributed by atoms with Crippen molar-refractivity contribution in [3.05, 3.63) is 0 Å². The minimum absolute atomic E-state index is 0.0580. The van der Waals surface area contributed by atoms with Gasteiger partial charge in [-0.2, -0.15) is 0 Å². The van der Waals surface area contributed by atoms with Crippen molar-refractivity contribution in [3.63, 3.8) is 0 Å². The first-order chi connectivity index (χ1) is 12.1. The van der Waals surface area contributed by atoms with Crippen molar-refractivity contribution in [1.29, 1.82) is 0 Å². The molecule has 1 heterocycles. The van der Waals surface area contributed by atoms with Crippen LogP contribution in [0.4, 0.5) is 0 Å². The number of carbonyl (C=O) groups excluding carboxylic acids is 1. The summed E-state index contributed by atoms with van der Waals surface area (Å²) in [6.45, 7) is 5.36. The molecule has 0 aromatic heterocycles. The van der Waals surface area contributed by atoms with Gasteiger partial charge >= 0.3 is 5.97 Å². The van der Waals surface area contributed by atoms with Crippen molar-refractivity contribution in [1.82, 2.24) is 0 Å². The Morgan fingerprint density at radius 1 is 0.840 bits per heavy atom. The average molecular weight is 351 g/mol. The Morgan fingerprint density at radius 2 is 1.52 bits per heavy atom. The molecule has 0 bridgehead atoms. The van der Waals surface area contributed by atoms with Crippen LogP contribution in [0.5, 0.6) is 0 Å². The highest BCUT2D eigenvalue weighted by Crippen LogP contribution is 2.35. The Hall–Kier alpha value is -0.570. The van der Waals surface area contributed by atoms with Gasteiger partial charge in [0.2, 0.25) is 0 Å². The Labute approximate surface area is 154 Å². The van der Waals surface area contributed by atoms with Crippen LogP contribution >= 0.6 is 0 Å². The molecule has 0 amide bonds. The van der Waals surface area contributed by atoms with Crippen LogP contribution in [-0.4, -0.2) is 24.8 Å². The number of esters is 1. The topological polar surface area (TPSA) is 35.5 Å². The second-order valence-corrected chi connectivity index (χ2v) is 9.20. The number of hydrogen-bond acceptors (Lipinski definition) is 3. The average Bonchev–Trinajstić information content (AvgIpc) is 2.61. The SMILES string of the molecule is CC1CCC(OCC2CCC(CCC3CCC(C)OC3=O)CC2)CC1. The molecular weight excluding hydrogens is 312 g/mol. The van der Waals surface area contributed by atoms with Crippen LogP contribution in [0.3, 0.4) is 0 Å². The zero-order valence-electron chi connectivity index (χ0n) is 16.4. The molecule has 3 aliphatic rings. The van der Waals surface area contributed by atoms with Gasteiger partial charge in [-0.3, -0.25) is 4.79 Å². The van der Waals surface area contributed by atoms with Gasteiger partial charge < -0.3 is 9.47 Å². The molecule has 25 heavy (non-hydrogen) atoms. The molecule has 3 fully saturated rings. The monoisotopic (exact) mass is 350 g/mol. The second-order valence-electron chi connectivity index (χ2n) is 9.20. The molecule has 2 unspecified atom stereocenters. The highest BCUT2D eigenvalue weighted by Gasteiger charge is 2.29. The van der Waals surface area contributed by atoms with Crippen LogP contribution in [0.25, 0.3) is 0 Å². The van der Waals surface area contributed by atoms with E-state index < -0.39 is 0 Å². The molecule has 0 spiro atoms. The summed E-state index contributed by atoms with van der Waals surface area (Å²) in [4.78, 5) is 11.9. The molecular formula is C22H38O3. The first kappa shape index (κ1) is 19.2. The van der Waals surface area contributed by atoms with Crippen molar-refractivity contribution in [2.24, 2.45) is 23.7 Å². The third-order valence-electron chi connectivity index (χ3n) is 6.99. The maximum absolute atomic E-state index is 11.9. The number of cyclic esters (lactones) is 1. The van der Waals surface area contributed by atoms with E-state index in [4.69, 9.17) is 9.47 Å². The van der Waals surface area contributed by atoms with E-state index in [1.165, 1.54) is 57.8 Å². The van der Waals surface area contributed by atoms with Gasteiger partial charge in [-0.25, -0.2) is 0 Å². The largest absolute Gasteiger partial charge is 0.462 e. The van der Waals surface area contributed by atoms with Crippen molar-refractivity contribution in [2.45, 2.75) is 103 Å². The molecule has 3 heteroatoms. The summed E-state index contributed by atoms with van der Waals surface area (Å²) in [6.07, 6.45) is 15.5. The van der Waals surface area contributed by atoms with Gasteiger partial charge in [0, 0.05) is 6.61 Å². The lowest BCUT2D eigenvalue weighted by Crippen LogP contribution is -2.30. The van der Waals surface area contributed by atoms with Gasteiger partial charge in [0.25, 0.3) is 0 Å². The van der Waals surface area contributed by atoms with Crippen molar-refractivity contribution in [2.75, 3.05) is 6.61 Å². The van der Waals surface area contributed by atoms with E-state index in [0.29, 0.717) is 6.10 Å². The summed E-state index contributed by atoms with van der Waals surface area (Å²) in [6, 6.07) is 0. The molecule has 0 radical (unpaired) electrons. The number of ether oxygens (including phenoxy) is 2. The van der Waals surface area contributed by atoms with E-state index in [-0.39, 0.29) is 18.0 Å². The van der Waals surface area contributed by atoms with Gasteiger partial charge in [-0.15, -0.1) is 0 Å². The van der Waals surface area contributed by atoms with Crippen molar-refractivity contribution >= 4 is 5.97 Å². The number of hydrogen-bond donors (Lipinski definition) is 0. The normalized spacial score (nSPS) is 39.8. The minimum Gasteiger partial charge on any atom is -0.462 e. The van der Waals surface area contributed by atoms with Crippen LogP contribution < -0.4 is 0 Å². The van der Waals surface area contributed by atoms with Gasteiger partial charge in [-0.1, -0.05) is 19.8 Å². The predicted octanol–water partition coefficient (Wildman–Crippen LogP) is 5.51. The Balaban J connectivity index is 1.28. The fraction of sp³-hybridized carbons (Fsp3) is 0.955. The van der Waals surface area contributed by atoms with Crippen LogP contribution in [-0.2, 0) is 14.3 Å². The van der Waals surface area contributed by atoms with Crippen LogP contribution in [0.15, 0.2) is 0 Å². The molecule has 0 aromatic carbocycles. The Morgan fingerprint density at radius 3 is 2.20 bits per heavy atom. The van der Waals surface area contributed by atoms with Crippen molar-refractivity contribution < 1.29 is 14.3 Å². The van der Waals surface area contributed by atoms with E-state index in [9.17, 15) is 4.79 Å².